The largest absolute Gasteiger partial charge is 0.356 e. The Balaban J connectivity index is 1.33. The van der Waals surface area contributed by atoms with Crippen LogP contribution in [0.3, 0.4) is 0 Å². The van der Waals surface area contributed by atoms with E-state index in [1.807, 2.05) is 12.1 Å². The van der Waals surface area contributed by atoms with Crippen LogP contribution in [0.1, 0.15) is 24.1 Å². The van der Waals surface area contributed by atoms with E-state index >= 15 is 0 Å². The van der Waals surface area contributed by atoms with Crippen molar-refractivity contribution in [2.24, 2.45) is 0 Å². The van der Waals surface area contributed by atoms with E-state index in [1.54, 1.807) is 17.0 Å². The molecule has 1 N–H and O–H groups in total. The average molecular weight is 428 g/mol. The van der Waals surface area contributed by atoms with Gasteiger partial charge < -0.3 is 14.7 Å². The number of fused-ring (bicyclic) bond motifs is 1. The maximum atomic E-state index is 12.9. The SMILES string of the molecule is O=C(CCC(=O)N1CCc2c(noc2-c2ccc(Cl)cc2)C1)Nc1ccc(F)cc1. The van der Waals surface area contributed by atoms with Gasteiger partial charge in [0.25, 0.3) is 0 Å². The Morgan fingerprint density at radius 3 is 2.57 bits per heavy atom. The van der Waals surface area contributed by atoms with E-state index in [9.17, 15) is 14.0 Å². The summed E-state index contributed by atoms with van der Waals surface area (Å²) in [5.74, 6) is -0.0859. The molecule has 0 saturated heterocycles. The van der Waals surface area contributed by atoms with Crippen LogP contribution >= 0.6 is 11.6 Å². The van der Waals surface area contributed by atoms with E-state index in [0.29, 0.717) is 36.0 Å². The number of carbonyl (C=O) groups is 2. The lowest BCUT2D eigenvalue weighted by Gasteiger charge is -2.26. The van der Waals surface area contributed by atoms with Crippen LogP contribution in [0.25, 0.3) is 11.3 Å². The van der Waals surface area contributed by atoms with E-state index < -0.39 is 0 Å². The van der Waals surface area contributed by atoms with Crippen LogP contribution in [-0.4, -0.2) is 28.4 Å². The second-order valence-corrected chi connectivity index (χ2v) is 7.50. The molecule has 0 unspecified atom stereocenters. The lowest BCUT2D eigenvalue weighted by atomic mass is 10.0. The molecule has 1 aliphatic rings. The molecule has 154 valence electrons. The van der Waals surface area contributed by atoms with Crippen molar-refractivity contribution >= 4 is 29.1 Å². The minimum absolute atomic E-state index is 0.0500. The predicted octanol–water partition coefficient (Wildman–Crippen LogP) is 4.44. The van der Waals surface area contributed by atoms with Gasteiger partial charge in [-0.15, -0.1) is 0 Å². The first-order valence-corrected chi connectivity index (χ1v) is 9.94. The number of benzene rings is 2. The maximum absolute atomic E-state index is 12.9. The van der Waals surface area contributed by atoms with Crippen LogP contribution in [-0.2, 0) is 22.6 Å². The van der Waals surface area contributed by atoms with E-state index in [1.165, 1.54) is 24.3 Å². The molecular weight excluding hydrogens is 409 g/mol. The summed E-state index contributed by atoms with van der Waals surface area (Å²) in [6.45, 7) is 0.887. The van der Waals surface area contributed by atoms with Crippen LogP contribution in [0.4, 0.5) is 10.1 Å². The first-order chi connectivity index (χ1) is 14.5. The third-order valence-electron chi connectivity index (χ3n) is 4.99. The second kappa shape index (κ2) is 8.67. The molecule has 6 nitrogen and oxygen atoms in total. The maximum Gasteiger partial charge on any atom is 0.224 e. The summed E-state index contributed by atoms with van der Waals surface area (Å²) in [5.41, 5.74) is 3.12. The minimum Gasteiger partial charge on any atom is -0.356 e. The van der Waals surface area contributed by atoms with Crippen LogP contribution in [0.5, 0.6) is 0 Å². The van der Waals surface area contributed by atoms with Crippen molar-refractivity contribution < 1.29 is 18.5 Å². The van der Waals surface area contributed by atoms with Gasteiger partial charge in [-0.3, -0.25) is 9.59 Å². The number of carbonyl (C=O) groups excluding carboxylic acids is 2. The summed E-state index contributed by atoms with van der Waals surface area (Å²) in [6, 6.07) is 12.8. The smallest absolute Gasteiger partial charge is 0.224 e. The summed E-state index contributed by atoms with van der Waals surface area (Å²) in [5, 5.41) is 7.44. The van der Waals surface area contributed by atoms with Gasteiger partial charge in [-0.05, 0) is 55.0 Å². The number of nitrogens with zero attached hydrogens (tertiary/aromatic N) is 2. The number of amides is 2. The molecule has 0 bridgehead atoms. The highest BCUT2D eigenvalue weighted by Crippen LogP contribution is 2.31. The van der Waals surface area contributed by atoms with Crippen LogP contribution < -0.4 is 5.32 Å². The molecule has 0 saturated carbocycles. The molecular formula is C22H19ClFN3O3. The highest BCUT2D eigenvalue weighted by molar-refractivity contribution is 6.30. The van der Waals surface area contributed by atoms with E-state index in [-0.39, 0.29) is 30.5 Å². The molecule has 0 spiro atoms. The van der Waals surface area contributed by atoms with Crippen molar-refractivity contribution in [2.45, 2.75) is 25.8 Å². The van der Waals surface area contributed by atoms with Gasteiger partial charge >= 0.3 is 0 Å². The van der Waals surface area contributed by atoms with E-state index in [2.05, 4.69) is 10.5 Å². The zero-order chi connectivity index (χ0) is 21.1. The summed E-state index contributed by atoms with van der Waals surface area (Å²) in [7, 11) is 0. The molecule has 1 aromatic heterocycles. The summed E-state index contributed by atoms with van der Waals surface area (Å²) in [4.78, 5) is 26.3. The molecule has 2 amide bonds. The topological polar surface area (TPSA) is 75.4 Å². The third kappa shape index (κ3) is 4.52. The Morgan fingerprint density at radius 1 is 1.10 bits per heavy atom. The first kappa shape index (κ1) is 20.1. The number of aromatic nitrogens is 1. The molecule has 2 aromatic carbocycles. The lowest BCUT2D eigenvalue weighted by Crippen LogP contribution is -2.36. The van der Waals surface area contributed by atoms with Crippen molar-refractivity contribution in [3.8, 4) is 11.3 Å². The normalized spacial score (nSPS) is 13.1. The minimum atomic E-state index is -0.375. The van der Waals surface area contributed by atoms with Crippen molar-refractivity contribution in [2.75, 3.05) is 11.9 Å². The summed E-state index contributed by atoms with van der Waals surface area (Å²) < 4.78 is 18.4. The summed E-state index contributed by atoms with van der Waals surface area (Å²) in [6.07, 6.45) is 0.767. The van der Waals surface area contributed by atoms with Gasteiger partial charge in [-0.1, -0.05) is 16.8 Å². The molecule has 4 rings (SSSR count). The number of nitrogens with one attached hydrogen (secondary N) is 1. The molecule has 0 fully saturated rings. The van der Waals surface area contributed by atoms with Crippen LogP contribution in [0, 0.1) is 5.82 Å². The van der Waals surface area contributed by atoms with E-state index in [0.717, 1.165) is 16.8 Å². The van der Waals surface area contributed by atoms with Crippen molar-refractivity contribution in [3.63, 3.8) is 0 Å². The van der Waals surface area contributed by atoms with Gasteiger partial charge in [-0.2, -0.15) is 0 Å². The average Bonchev–Trinajstić information content (AvgIpc) is 3.17. The van der Waals surface area contributed by atoms with Gasteiger partial charge in [0.15, 0.2) is 5.76 Å². The molecule has 3 aromatic rings. The second-order valence-electron chi connectivity index (χ2n) is 7.06. The number of hydrogen-bond acceptors (Lipinski definition) is 4. The fourth-order valence-electron chi connectivity index (χ4n) is 3.41. The van der Waals surface area contributed by atoms with Gasteiger partial charge in [0, 0.05) is 41.2 Å². The van der Waals surface area contributed by atoms with Crippen molar-refractivity contribution in [1.82, 2.24) is 10.1 Å². The van der Waals surface area contributed by atoms with Gasteiger partial charge in [0.2, 0.25) is 11.8 Å². The Labute approximate surface area is 177 Å². The van der Waals surface area contributed by atoms with Gasteiger partial charge in [0.05, 0.1) is 6.54 Å². The number of rotatable bonds is 5. The quantitative estimate of drug-likeness (QED) is 0.653. The predicted molar refractivity (Wildman–Crippen MR) is 110 cm³/mol. The molecule has 0 atom stereocenters. The number of hydrogen-bond donors (Lipinski definition) is 1. The molecule has 1 aliphatic heterocycles. The Morgan fingerprint density at radius 2 is 1.83 bits per heavy atom. The number of halogens is 2. The fraction of sp³-hybridized carbons (Fsp3) is 0.227. The zero-order valence-corrected chi connectivity index (χ0v) is 16.8. The highest BCUT2D eigenvalue weighted by atomic mass is 35.5. The summed E-state index contributed by atoms with van der Waals surface area (Å²) >= 11 is 5.94. The molecule has 0 radical (unpaired) electrons. The monoisotopic (exact) mass is 427 g/mol. The molecule has 2 heterocycles. The van der Waals surface area contributed by atoms with Crippen molar-refractivity contribution in [1.29, 1.82) is 0 Å². The fourth-order valence-corrected chi connectivity index (χ4v) is 3.53. The third-order valence-corrected chi connectivity index (χ3v) is 5.25. The zero-order valence-electron chi connectivity index (χ0n) is 16.0. The van der Waals surface area contributed by atoms with E-state index in [4.69, 9.17) is 16.1 Å². The van der Waals surface area contributed by atoms with Crippen LogP contribution in [0.2, 0.25) is 5.02 Å². The van der Waals surface area contributed by atoms with Crippen LogP contribution in [0.15, 0.2) is 53.1 Å². The first-order valence-electron chi connectivity index (χ1n) is 9.56. The number of anilines is 1. The Bertz CT molecular complexity index is 1060. The lowest BCUT2D eigenvalue weighted by molar-refractivity contribution is -0.133. The van der Waals surface area contributed by atoms with Gasteiger partial charge in [-0.25, -0.2) is 4.39 Å². The standard InChI is InChI=1S/C22H19ClFN3O3/c23-15-3-1-14(2-4-15)22-18-11-12-27(13-19(18)26-30-22)21(29)10-9-20(28)25-17-7-5-16(24)6-8-17/h1-8H,9-13H2,(H,25,28). The Hall–Kier alpha value is -3.19. The van der Waals surface area contributed by atoms with Crippen molar-refractivity contribution in [3.05, 3.63) is 70.6 Å². The molecule has 8 heteroatoms. The Kier molecular flexibility index (Phi) is 5.81. The molecule has 30 heavy (non-hydrogen) atoms. The molecule has 0 aliphatic carbocycles. The van der Waals surface area contributed by atoms with Gasteiger partial charge in [0.1, 0.15) is 11.5 Å². The highest BCUT2D eigenvalue weighted by Gasteiger charge is 2.27.